The first-order chi connectivity index (χ1) is 8.35. The Labute approximate surface area is 105 Å². The van der Waals surface area contributed by atoms with Gasteiger partial charge in [-0.2, -0.15) is 0 Å². The van der Waals surface area contributed by atoms with E-state index in [0.29, 0.717) is 12.1 Å². The van der Waals surface area contributed by atoms with Crippen LogP contribution in [0.2, 0.25) is 0 Å². The highest BCUT2D eigenvalue weighted by atomic mass is 19.1. The van der Waals surface area contributed by atoms with E-state index in [2.05, 4.69) is 10.5 Å². The summed E-state index contributed by atoms with van der Waals surface area (Å²) >= 11 is 0. The summed E-state index contributed by atoms with van der Waals surface area (Å²) in [6, 6.07) is 4.66. The normalized spacial score (nSPS) is 12.8. The van der Waals surface area contributed by atoms with Crippen molar-refractivity contribution >= 4 is 5.84 Å². The minimum atomic E-state index is -0.861. The molecule has 1 aromatic carbocycles. The van der Waals surface area contributed by atoms with E-state index in [-0.39, 0.29) is 17.9 Å². The quantitative estimate of drug-likeness (QED) is 0.271. The second-order valence-electron chi connectivity index (χ2n) is 4.68. The van der Waals surface area contributed by atoms with Crippen LogP contribution in [0.25, 0.3) is 0 Å². The first-order valence-corrected chi connectivity index (χ1v) is 5.53. The second-order valence-corrected chi connectivity index (χ2v) is 4.68. The Kier molecular flexibility index (Phi) is 4.63. The lowest BCUT2D eigenvalue weighted by molar-refractivity contribution is 0.0794. The monoisotopic (exact) mass is 255 g/mol. The maximum absolute atomic E-state index is 14.0. The Morgan fingerprint density at radius 1 is 1.50 bits per heavy atom. The third-order valence-electron chi connectivity index (χ3n) is 2.34. The zero-order chi connectivity index (χ0) is 13.8. The zero-order valence-corrected chi connectivity index (χ0v) is 10.4. The summed E-state index contributed by atoms with van der Waals surface area (Å²) in [5, 5.41) is 23.8. The summed E-state index contributed by atoms with van der Waals surface area (Å²) in [5.41, 5.74) is 4.95. The predicted octanol–water partition coefficient (Wildman–Crippen LogP) is 0.781. The molecule has 0 heterocycles. The number of benzene rings is 1. The van der Waals surface area contributed by atoms with E-state index in [4.69, 9.17) is 10.9 Å². The van der Waals surface area contributed by atoms with Gasteiger partial charge in [-0.3, -0.25) is 0 Å². The van der Waals surface area contributed by atoms with E-state index in [1.165, 1.54) is 6.07 Å². The molecule has 0 radical (unpaired) electrons. The second kappa shape index (κ2) is 5.79. The molecule has 0 atom stereocenters. The van der Waals surface area contributed by atoms with Gasteiger partial charge in [-0.1, -0.05) is 17.3 Å². The van der Waals surface area contributed by atoms with Gasteiger partial charge in [0.2, 0.25) is 0 Å². The first-order valence-electron chi connectivity index (χ1n) is 5.53. The molecule has 0 saturated heterocycles. The SMILES string of the molecule is CC(C)(O)CNCc1cccc(/C(N)=N/O)c1F. The molecule has 0 bridgehead atoms. The van der Waals surface area contributed by atoms with Crippen LogP contribution in [0, 0.1) is 5.82 Å². The van der Waals surface area contributed by atoms with Crippen LogP contribution in [0.3, 0.4) is 0 Å². The van der Waals surface area contributed by atoms with E-state index in [1.807, 2.05) is 0 Å². The molecule has 0 aromatic heterocycles. The van der Waals surface area contributed by atoms with E-state index in [1.54, 1.807) is 26.0 Å². The van der Waals surface area contributed by atoms with Crippen molar-refractivity contribution in [1.29, 1.82) is 0 Å². The molecule has 0 aliphatic rings. The number of nitrogens with zero attached hydrogens (tertiary/aromatic N) is 1. The van der Waals surface area contributed by atoms with Crippen LogP contribution < -0.4 is 11.1 Å². The van der Waals surface area contributed by atoms with Gasteiger partial charge in [-0.25, -0.2) is 4.39 Å². The maximum atomic E-state index is 14.0. The van der Waals surface area contributed by atoms with Crippen LogP contribution in [0.5, 0.6) is 0 Å². The number of halogens is 1. The van der Waals surface area contributed by atoms with E-state index >= 15 is 0 Å². The molecular weight excluding hydrogens is 237 g/mol. The first kappa shape index (κ1) is 14.4. The van der Waals surface area contributed by atoms with Crippen molar-refractivity contribution in [3.63, 3.8) is 0 Å². The van der Waals surface area contributed by atoms with E-state index < -0.39 is 11.4 Å². The lowest BCUT2D eigenvalue weighted by Crippen LogP contribution is -2.34. The molecule has 100 valence electrons. The fraction of sp³-hybridized carbons (Fsp3) is 0.417. The molecule has 1 rings (SSSR count). The number of amidine groups is 1. The summed E-state index contributed by atoms with van der Waals surface area (Å²) in [6.45, 7) is 3.90. The third-order valence-corrected chi connectivity index (χ3v) is 2.34. The molecule has 18 heavy (non-hydrogen) atoms. The molecule has 5 N–H and O–H groups in total. The van der Waals surface area contributed by atoms with Crippen molar-refractivity contribution in [2.75, 3.05) is 6.54 Å². The number of aliphatic hydroxyl groups is 1. The van der Waals surface area contributed by atoms with E-state index in [9.17, 15) is 9.50 Å². The van der Waals surface area contributed by atoms with Gasteiger partial charge in [0.05, 0.1) is 11.2 Å². The third kappa shape index (κ3) is 3.97. The molecule has 6 heteroatoms. The molecule has 5 nitrogen and oxygen atoms in total. The van der Waals surface area contributed by atoms with Crippen molar-refractivity contribution in [2.24, 2.45) is 10.9 Å². The summed E-state index contributed by atoms with van der Waals surface area (Å²) in [6.07, 6.45) is 0. The minimum absolute atomic E-state index is 0.0556. The van der Waals surface area contributed by atoms with Crippen molar-refractivity contribution in [1.82, 2.24) is 5.32 Å². The average Bonchev–Trinajstić information content (AvgIpc) is 2.29. The van der Waals surface area contributed by atoms with Gasteiger partial charge < -0.3 is 21.4 Å². The highest BCUT2D eigenvalue weighted by molar-refractivity contribution is 5.97. The Hall–Kier alpha value is -1.66. The van der Waals surface area contributed by atoms with E-state index in [0.717, 1.165) is 0 Å². The number of hydrogen-bond donors (Lipinski definition) is 4. The lowest BCUT2D eigenvalue weighted by Gasteiger charge is -2.18. The zero-order valence-electron chi connectivity index (χ0n) is 10.4. The summed E-state index contributed by atoms with van der Waals surface area (Å²) < 4.78 is 14.0. The molecule has 0 unspecified atom stereocenters. The number of hydrogen-bond acceptors (Lipinski definition) is 4. The topological polar surface area (TPSA) is 90.9 Å². The molecule has 0 fully saturated rings. The van der Waals surface area contributed by atoms with Gasteiger partial charge >= 0.3 is 0 Å². The Bertz CT molecular complexity index is 441. The molecule has 0 spiro atoms. The number of rotatable bonds is 5. The van der Waals surface area contributed by atoms with Gasteiger partial charge in [-0.05, 0) is 19.9 Å². The smallest absolute Gasteiger partial charge is 0.173 e. The van der Waals surface area contributed by atoms with Crippen LogP contribution in [-0.4, -0.2) is 28.3 Å². The van der Waals surface area contributed by atoms with Crippen molar-refractivity contribution in [3.8, 4) is 0 Å². The summed E-state index contributed by atoms with van der Waals surface area (Å²) in [7, 11) is 0. The van der Waals surface area contributed by atoms with Gasteiger partial charge in [-0.15, -0.1) is 0 Å². The van der Waals surface area contributed by atoms with Gasteiger partial charge in [0.1, 0.15) is 5.82 Å². The van der Waals surface area contributed by atoms with Crippen LogP contribution in [0.4, 0.5) is 4.39 Å². The molecular formula is C12H18FN3O2. The molecule has 0 aliphatic heterocycles. The Morgan fingerprint density at radius 2 is 2.17 bits per heavy atom. The van der Waals surface area contributed by atoms with Crippen LogP contribution in [0.15, 0.2) is 23.4 Å². The lowest BCUT2D eigenvalue weighted by atomic mass is 10.1. The highest BCUT2D eigenvalue weighted by Crippen LogP contribution is 2.13. The van der Waals surface area contributed by atoms with Crippen LogP contribution in [0.1, 0.15) is 25.0 Å². The summed E-state index contributed by atoms with van der Waals surface area (Å²) in [4.78, 5) is 0. The Balaban J connectivity index is 2.79. The van der Waals surface area contributed by atoms with Crippen LogP contribution >= 0.6 is 0 Å². The van der Waals surface area contributed by atoms with Crippen molar-refractivity contribution < 1.29 is 14.7 Å². The van der Waals surface area contributed by atoms with Crippen molar-refractivity contribution in [3.05, 3.63) is 35.1 Å². The predicted molar refractivity (Wildman–Crippen MR) is 66.9 cm³/mol. The maximum Gasteiger partial charge on any atom is 0.173 e. The number of oxime groups is 1. The summed E-state index contributed by atoms with van der Waals surface area (Å²) in [5.74, 6) is -0.798. The average molecular weight is 255 g/mol. The molecule has 0 aliphatic carbocycles. The standard InChI is InChI=1S/C12H18FN3O2/c1-12(2,17)7-15-6-8-4-3-5-9(10(8)13)11(14)16-18/h3-5,15,17-18H,6-7H2,1-2H3,(H2,14,16). The number of nitrogens with two attached hydrogens (primary N) is 1. The van der Waals surface area contributed by atoms with Crippen molar-refractivity contribution in [2.45, 2.75) is 26.0 Å². The van der Waals surface area contributed by atoms with Crippen LogP contribution in [-0.2, 0) is 6.54 Å². The molecule has 0 saturated carbocycles. The van der Waals surface area contributed by atoms with Gasteiger partial charge in [0.15, 0.2) is 5.84 Å². The molecule has 1 aromatic rings. The highest BCUT2D eigenvalue weighted by Gasteiger charge is 2.14. The molecule has 0 amide bonds. The minimum Gasteiger partial charge on any atom is -0.409 e. The fourth-order valence-corrected chi connectivity index (χ4v) is 1.47. The largest absolute Gasteiger partial charge is 0.409 e. The van der Waals surface area contributed by atoms with Gasteiger partial charge in [0.25, 0.3) is 0 Å². The number of nitrogens with one attached hydrogen (secondary N) is 1. The Morgan fingerprint density at radius 3 is 2.72 bits per heavy atom. The van der Waals surface area contributed by atoms with Gasteiger partial charge in [0, 0.05) is 18.7 Å². The fourth-order valence-electron chi connectivity index (χ4n) is 1.47.